The average molecular weight is 251 g/mol. The van der Waals surface area contributed by atoms with E-state index in [9.17, 15) is 0 Å². The van der Waals surface area contributed by atoms with Crippen LogP contribution < -0.4 is 9.64 Å². The second-order valence-corrected chi connectivity index (χ2v) is 4.41. The molecule has 0 saturated carbocycles. The van der Waals surface area contributed by atoms with E-state index in [4.69, 9.17) is 14.2 Å². The maximum absolute atomic E-state index is 5.80. The van der Waals surface area contributed by atoms with Gasteiger partial charge in [0.1, 0.15) is 12.4 Å². The van der Waals surface area contributed by atoms with Crippen LogP contribution in [0.3, 0.4) is 0 Å². The number of methoxy groups -OCH3 is 1. The van der Waals surface area contributed by atoms with Crippen LogP contribution >= 0.6 is 0 Å². The zero-order valence-corrected chi connectivity index (χ0v) is 11.1. The highest BCUT2D eigenvalue weighted by Gasteiger charge is 2.15. The van der Waals surface area contributed by atoms with Crippen LogP contribution in [0.5, 0.6) is 5.75 Å². The molecule has 0 aliphatic carbocycles. The minimum absolute atomic E-state index is 0.581. The molecule has 4 nitrogen and oxygen atoms in total. The lowest BCUT2D eigenvalue weighted by molar-refractivity contribution is 0.121. The molecule has 1 fully saturated rings. The van der Waals surface area contributed by atoms with Crippen LogP contribution in [0.15, 0.2) is 18.2 Å². The van der Waals surface area contributed by atoms with E-state index in [1.54, 1.807) is 7.11 Å². The number of hydrogen-bond acceptors (Lipinski definition) is 4. The fourth-order valence-corrected chi connectivity index (χ4v) is 2.04. The van der Waals surface area contributed by atoms with Gasteiger partial charge in [-0.3, -0.25) is 0 Å². The molecule has 0 bridgehead atoms. The highest BCUT2D eigenvalue weighted by atomic mass is 16.5. The summed E-state index contributed by atoms with van der Waals surface area (Å²) < 4.78 is 16.2. The van der Waals surface area contributed by atoms with Gasteiger partial charge in [0, 0.05) is 20.2 Å². The normalized spacial score (nSPS) is 15.8. The molecule has 0 spiro atoms. The van der Waals surface area contributed by atoms with Crippen molar-refractivity contribution in [2.45, 2.75) is 6.92 Å². The predicted molar refractivity (Wildman–Crippen MR) is 71.6 cm³/mol. The van der Waals surface area contributed by atoms with Crippen molar-refractivity contribution in [1.29, 1.82) is 0 Å². The van der Waals surface area contributed by atoms with Gasteiger partial charge in [0.15, 0.2) is 0 Å². The zero-order valence-electron chi connectivity index (χ0n) is 11.1. The molecule has 1 heterocycles. The summed E-state index contributed by atoms with van der Waals surface area (Å²) in [6.07, 6.45) is 0. The molecular formula is C14H21NO3. The lowest BCUT2D eigenvalue weighted by atomic mass is 10.2. The van der Waals surface area contributed by atoms with Crippen molar-refractivity contribution in [3.05, 3.63) is 23.8 Å². The summed E-state index contributed by atoms with van der Waals surface area (Å²) in [7, 11) is 1.68. The first-order valence-electron chi connectivity index (χ1n) is 6.36. The van der Waals surface area contributed by atoms with Crippen LogP contribution in [0, 0.1) is 6.92 Å². The van der Waals surface area contributed by atoms with E-state index < -0.39 is 0 Å². The van der Waals surface area contributed by atoms with Gasteiger partial charge in [-0.1, -0.05) is 6.07 Å². The summed E-state index contributed by atoms with van der Waals surface area (Å²) in [6.45, 7) is 6.67. The monoisotopic (exact) mass is 251 g/mol. The van der Waals surface area contributed by atoms with Gasteiger partial charge in [-0.05, 0) is 24.6 Å². The second kappa shape index (κ2) is 6.61. The van der Waals surface area contributed by atoms with Crippen LogP contribution in [-0.4, -0.2) is 46.6 Å². The van der Waals surface area contributed by atoms with E-state index in [1.165, 1.54) is 5.56 Å². The van der Waals surface area contributed by atoms with E-state index in [1.807, 2.05) is 0 Å². The third kappa shape index (κ3) is 3.37. The SMILES string of the molecule is COCCOc1cc(C)ccc1N1CCOCC1. The van der Waals surface area contributed by atoms with E-state index in [2.05, 4.69) is 30.0 Å². The summed E-state index contributed by atoms with van der Waals surface area (Å²) in [5.41, 5.74) is 2.36. The molecule has 0 radical (unpaired) electrons. The molecule has 0 aromatic heterocycles. The van der Waals surface area contributed by atoms with Crippen LogP contribution in [0.25, 0.3) is 0 Å². The summed E-state index contributed by atoms with van der Waals surface area (Å²) in [6, 6.07) is 6.33. The predicted octanol–water partition coefficient (Wildman–Crippen LogP) is 1.86. The standard InChI is InChI=1S/C14H21NO3/c1-12-3-4-13(15-5-7-17-8-6-15)14(11-12)18-10-9-16-2/h3-4,11H,5-10H2,1-2H3. The number of nitrogens with zero attached hydrogens (tertiary/aromatic N) is 1. The Bertz CT molecular complexity index is 375. The Morgan fingerprint density at radius 2 is 2.00 bits per heavy atom. The van der Waals surface area contributed by atoms with E-state index in [0.717, 1.165) is 37.7 Å². The van der Waals surface area contributed by atoms with Gasteiger partial charge in [0.25, 0.3) is 0 Å². The Hall–Kier alpha value is -1.26. The number of morpholine rings is 1. The van der Waals surface area contributed by atoms with Crippen molar-refractivity contribution < 1.29 is 14.2 Å². The van der Waals surface area contributed by atoms with Crippen LogP contribution in [0.2, 0.25) is 0 Å². The molecule has 4 heteroatoms. The van der Waals surface area contributed by atoms with Crippen molar-refractivity contribution in [3.8, 4) is 5.75 Å². The Morgan fingerprint density at radius 3 is 2.72 bits per heavy atom. The summed E-state index contributed by atoms with van der Waals surface area (Å²) >= 11 is 0. The van der Waals surface area contributed by atoms with E-state index in [0.29, 0.717) is 13.2 Å². The Kier molecular flexibility index (Phi) is 4.84. The van der Waals surface area contributed by atoms with Gasteiger partial charge in [-0.2, -0.15) is 0 Å². The Labute approximate surface area is 108 Å². The number of aryl methyl sites for hydroxylation is 1. The lowest BCUT2D eigenvalue weighted by Gasteiger charge is -2.30. The third-order valence-corrected chi connectivity index (χ3v) is 3.01. The Balaban J connectivity index is 2.11. The molecular weight excluding hydrogens is 230 g/mol. The average Bonchev–Trinajstić information content (AvgIpc) is 2.40. The van der Waals surface area contributed by atoms with Crippen LogP contribution in [0.1, 0.15) is 5.56 Å². The third-order valence-electron chi connectivity index (χ3n) is 3.01. The lowest BCUT2D eigenvalue weighted by Crippen LogP contribution is -2.36. The van der Waals surface area contributed by atoms with Gasteiger partial charge in [-0.25, -0.2) is 0 Å². The summed E-state index contributed by atoms with van der Waals surface area (Å²) in [5, 5.41) is 0. The summed E-state index contributed by atoms with van der Waals surface area (Å²) in [4.78, 5) is 2.31. The van der Waals surface area contributed by atoms with Gasteiger partial charge in [0.2, 0.25) is 0 Å². The molecule has 1 saturated heterocycles. The molecule has 0 atom stereocenters. The number of rotatable bonds is 5. The first kappa shape index (κ1) is 13.2. The molecule has 0 amide bonds. The zero-order chi connectivity index (χ0) is 12.8. The minimum atomic E-state index is 0.581. The molecule has 100 valence electrons. The van der Waals surface area contributed by atoms with Gasteiger partial charge in [0.05, 0.1) is 25.5 Å². The smallest absolute Gasteiger partial charge is 0.142 e. The highest BCUT2D eigenvalue weighted by molar-refractivity contribution is 5.60. The topological polar surface area (TPSA) is 30.9 Å². The minimum Gasteiger partial charge on any atom is -0.489 e. The number of hydrogen-bond donors (Lipinski definition) is 0. The molecule has 1 aromatic rings. The molecule has 1 aromatic carbocycles. The first-order valence-corrected chi connectivity index (χ1v) is 6.36. The highest BCUT2D eigenvalue weighted by Crippen LogP contribution is 2.30. The first-order chi connectivity index (χ1) is 8.81. The number of benzene rings is 1. The van der Waals surface area contributed by atoms with E-state index >= 15 is 0 Å². The van der Waals surface area contributed by atoms with Crippen molar-refractivity contribution in [3.63, 3.8) is 0 Å². The fourth-order valence-electron chi connectivity index (χ4n) is 2.04. The van der Waals surface area contributed by atoms with Gasteiger partial charge < -0.3 is 19.1 Å². The summed E-state index contributed by atoms with van der Waals surface area (Å²) in [5.74, 6) is 0.939. The van der Waals surface area contributed by atoms with Crippen molar-refractivity contribution in [2.75, 3.05) is 51.5 Å². The fraction of sp³-hybridized carbons (Fsp3) is 0.571. The second-order valence-electron chi connectivity index (χ2n) is 4.41. The molecule has 2 rings (SSSR count). The quantitative estimate of drug-likeness (QED) is 0.747. The van der Waals surface area contributed by atoms with Crippen LogP contribution in [-0.2, 0) is 9.47 Å². The van der Waals surface area contributed by atoms with Gasteiger partial charge in [-0.15, -0.1) is 0 Å². The maximum Gasteiger partial charge on any atom is 0.142 e. The molecule has 1 aliphatic rings. The largest absolute Gasteiger partial charge is 0.489 e. The Morgan fingerprint density at radius 1 is 1.22 bits per heavy atom. The maximum atomic E-state index is 5.80. The molecule has 18 heavy (non-hydrogen) atoms. The van der Waals surface area contributed by atoms with Crippen LogP contribution in [0.4, 0.5) is 5.69 Å². The van der Waals surface area contributed by atoms with Gasteiger partial charge >= 0.3 is 0 Å². The molecule has 1 aliphatic heterocycles. The molecule has 0 N–H and O–H groups in total. The van der Waals surface area contributed by atoms with Crippen molar-refractivity contribution >= 4 is 5.69 Å². The van der Waals surface area contributed by atoms with E-state index in [-0.39, 0.29) is 0 Å². The number of anilines is 1. The van der Waals surface area contributed by atoms with Crippen molar-refractivity contribution in [2.24, 2.45) is 0 Å². The van der Waals surface area contributed by atoms with Crippen molar-refractivity contribution in [1.82, 2.24) is 0 Å². The molecule has 0 unspecified atom stereocenters. The number of ether oxygens (including phenoxy) is 3.